The van der Waals surface area contributed by atoms with Crippen molar-refractivity contribution in [1.29, 1.82) is 0 Å². The van der Waals surface area contributed by atoms with Crippen LogP contribution < -0.4 is 5.73 Å². The molecule has 0 amide bonds. The quantitative estimate of drug-likeness (QED) is 0.864. The molecule has 0 aromatic carbocycles. The molecule has 1 aromatic heterocycles. The summed E-state index contributed by atoms with van der Waals surface area (Å²) in [6.45, 7) is 8.35. The van der Waals surface area contributed by atoms with E-state index in [0.29, 0.717) is 6.54 Å². The zero-order valence-corrected chi connectivity index (χ0v) is 11.8. The highest BCUT2D eigenvalue weighted by atomic mass is 79.9. The van der Waals surface area contributed by atoms with Gasteiger partial charge >= 0.3 is 0 Å². The van der Waals surface area contributed by atoms with E-state index in [-0.39, 0.29) is 6.04 Å². The maximum atomic E-state index is 5.91. The summed E-state index contributed by atoms with van der Waals surface area (Å²) in [7, 11) is 0. The van der Waals surface area contributed by atoms with E-state index >= 15 is 0 Å². The molecule has 0 saturated carbocycles. The third-order valence-electron chi connectivity index (χ3n) is 3.47. The van der Waals surface area contributed by atoms with Gasteiger partial charge in [0.15, 0.2) is 0 Å². The number of nitrogens with two attached hydrogens (primary N) is 1. The van der Waals surface area contributed by atoms with Gasteiger partial charge in [0.05, 0.1) is 18.1 Å². The van der Waals surface area contributed by atoms with E-state index in [1.54, 1.807) is 6.33 Å². The number of likely N-dealkylation sites (N-methyl/N-ethyl adjacent to an activating group) is 1. The smallest absolute Gasteiger partial charge is 0.128 e. The van der Waals surface area contributed by atoms with Crippen LogP contribution in [0.2, 0.25) is 0 Å². The minimum Gasteiger partial charge on any atom is -0.346 e. The first-order valence-corrected chi connectivity index (χ1v) is 6.90. The fourth-order valence-corrected chi connectivity index (χ4v) is 2.84. The summed E-state index contributed by atoms with van der Waals surface area (Å²) in [5.74, 6) is 0. The lowest BCUT2D eigenvalue weighted by molar-refractivity contribution is 0.100. The topological polar surface area (TPSA) is 61.2 Å². The molecule has 1 atom stereocenters. The van der Waals surface area contributed by atoms with Crippen LogP contribution in [-0.4, -0.2) is 59.0 Å². The van der Waals surface area contributed by atoms with Gasteiger partial charge in [-0.1, -0.05) is 6.92 Å². The van der Waals surface area contributed by atoms with Gasteiger partial charge in [-0.15, -0.1) is 0 Å². The third-order valence-corrected chi connectivity index (χ3v) is 4.10. The van der Waals surface area contributed by atoms with Gasteiger partial charge in [0.1, 0.15) is 4.60 Å². The Kier molecular flexibility index (Phi) is 4.55. The van der Waals surface area contributed by atoms with Crippen LogP contribution in [0.4, 0.5) is 0 Å². The number of rotatable bonds is 4. The van der Waals surface area contributed by atoms with Crippen molar-refractivity contribution in [2.45, 2.75) is 13.0 Å². The van der Waals surface area contributed by atoms with E-state index < -0.39 is 0 Å². The zero-order valence-electron chi connectivity index (χ0n) is 10.2. The zero-order chi connectivity index (χ0) is 12.3. The minimum atomic E-state index is 0.242. The second kappa shape index (κ2) is 5.95. The standard InChI is InChI=1S/C11H20BrN5/c1-2-16-3-5-17(6-4-16)9(7-13)10-11(12)15-8-14-10/h8-9H,2-7,13H2,1H3,(H,14,15). The highest BCUT2D eigenvalue weighted by Crippen LogP contribution is 2.24. The molecule has 1 aliphatic heterocycles. The SMILES string of the molecule is CCN1CCN(C(CN)c2[nH]cnc2Br)CC1. The lowest BCUT2D eigenvalue weighted by atomic mass is 10.1. The van der Waals surface area contributed by atoms with Crippen LogP contribution in [0.15, 0.2) is 10.9 Å². The van der Waals surface area contributed by atoms with Crippen LogP contribution in [-0.2, 0) is 0 Å². The Balaban J connectivity index is 2.03. The summed E-state index contributed by atoms with van der Waals surface area (Å²) in [6, 6.07) is 0.242. The summed E-state index contributed by atoms with van der Waals surface area (Å²) >= 11 is 3.46. The van der Waals surface area contributed by atoms with Crippen molar-refractivity contribution in [3.8, 4) is 0 Å². The summed E-state index contributed by atoms with van der Waals surface area (Å²) in [4.78, 5) is 12.3. The van der Waals surface area contributed by atoms with Crippen LogP contribution >= 0.6 is 15.9 Å². The van der Waals surface area contributed by atoms with Crippen molar-refractivity contribution in [3.63, 3.8) is 0 Å². The average molecular weight is 302 g/mol. The maximum Gasteiger partial charge on any atom is 0.128 e. The average Bonchev–Trinajstić information content (AvgIpc) is 2.78. The van der Waals surface area contributed by atoms with Crippen molar-refractivity contribution >= 4 is 15.9 Å². The highest BCUT2D eigenvalue weighted by molar-refractivity contribution is 9.10. The van der Waals surface area contributed by atoms with Crippen LogP contribution in [0.25, 0.3) is 0 Å². The van der Waals surface area contributed by atoms with Crippen molar-refractivity contribution in [2.75, 3.05) is 39.3 Å². The van der Waals surface area contributed by atoms with Crippen LogP contribution in [0.3, 0.4) is 0 Å². The molecule has 0 spiro atoms. The van der Waals surface area contributed by atoms with E-state index in [1.807, 2.05) is 0 Å². The molecule has 1 unspecified atom stereocenters. The Bertz CT molecular complexity index is 345. The molecule has 96 valence electrons. The van der Waals surface area contributed by atoms with Gasteiger partial charge in [-0.3, -0.25) is 4.90 Å². The molecule has 5 nitrogen and oxygen atoms in total. The van der Waals surface area contributed by atoms with Crippen molar-refractivity contribution in [1.82, 2.24) is 19.8 Å². The van der Waals surface area contributed by atoms with Crippen LogP contribution in [0, 0.1) is 0 Å². The second-order valence-electron chi connectivity index (χ2n) is 4.33. The molecule has 1 fully saturated rings. The molecular weight excluding hydrogens is 282 g/mol. The molecule has 0 radical (unpaired) electrons. The van der Waals surface area contributed by atoms with Gasteiger partial charge in [0.25, 0.3) is 0 Å². The highest BCUT2D eigenvalue weighted by Gasteiger charge is 2.25. The number of H-pyrrole nitrogens is 1. The number of aromatic nitrogens is 2. The van der Waals surface area contributed by atoms with Crippen LogP contribution in [0.1, 0.15) is 18.7 Å². The number of nitrogens with zero attached hydrogens (tertiary/aromatic N) is 3. The Morgan fingerprint density at radius 2 is 2.18 bits per heavy atom. The van der Waals surface area contributed by atoms with Gasteiger partial charge in [0.2, 0.25) is 0 Å². The molecular formula is C11H20BrN5. The Morgan fingerprint density at radius 1 is 1.47 bits per heavy atom. The number of piperazine rings is 1. The van der Waals surface area contributed by atoms with E-state index in [2.05, 4.69) is 42.6 Å². The minimum absolute atomic E-state index is 0.242. The van der Waals surface area contributed by atoms with Gasteiger partial charge < -0.3 is 15.6 Å². The lowest BCUT2D eigenvalue weighted by Gasteiger charge is -2.38. The number of nitrogens with one attached hydrogen (secondary N) is 1. The fraction of sp³-hybridized carbons (Fsp3) is 0.727. The maximum absolute atomic E-state index is 5.91. The summed E-state index contributed by atoms with van der Waals surface area (Å²) in [6.07, 6.45) is 1.71. The Hall–Kier alpha value is -0.430. The van der Waals surface area contributed by atoms with E-state index in [1.165, 1.54) is 0 Å². The Labute approximate surface area is 111 Å². The van der Waals surface area contributed by atoms with Gasteiger partial charge in [-0.05, 0) is 22.5 Å². The van der Waals surface area contributed by atoms with Crippen molar-refractivity contribution < 1.29 is 0 Å². The van der Waals surface area contributed by atoms with Crippen molar-refractivity contribution in [3.05, 3.63) is 16.6 Å². The van der Waals surface area contributed by atoms with E-state index in [9.17, 15) is 0 Å². The van der Waals surface area contributed by atoms with E-state index in [0.717, 1.165) is 43.0 Å². The predicted molar refractivity (Wildman–Crippen MR) is 71.8 cm³/mol. The molecule has 0 aliphatic carbocycles. The van der Waals surface area contributed by atoms with Gasteiger partial charge in [0, 0.05) is 32.7 Å². The summed E-state index contributed by atoms with van der Waals surface area (Å²) in [5.41, 5.74) is 7.00. The number of imidazole rings is 1. The number of aromatic amines is 1. The number of halogens is 1. The molecule has 3 N–H and O–H groups in total. The molecule has 1 aliphatic rings. The first-order chi connectivity index (χ1) is 8.26. The molecule has 2 rings (SSSR count). The number of hydrogen-bond acceptors (Lipinski definition) is 4. The molecule has 6 heteroatoms. The monoisotopic (exact) mass is 301 g/mol. The third kappa shape index (κ3) is 2.88. The Morgan fingerprint density at radius 3 is 2.65 bits per heavy atom. The summed E-state index contributed by atoms with van der Waals surface area (Å²) < 4.78 is 0.880. The fourth-order valence-electron chi connectivity index (χ4n) is 2.36. The first-order valence-electron chi connectivity index (χ1n) is 6.11. The van der Waals surface area contributed by atoms with E-state index in [4.69, 9.17) is 5.73 Å². The lowest BCUT2D eigenvalue weighted by Crippen LogP contribution is -2.48. The largest absolute Gasteiger partial charge is 0.346 e. The molecule has 1 aromatic rings. The second-order valence-corrected chi connectivity index (χ2v) is 5.08. The van der Waals surface area contributed by atoms with Crippen LogP contribution in [0.5, 0.6) is 0 Å². The molecule has 17 heavy (non-hydrogen) atoms. The number of hydrogen-bond donors (Lipinski definition) is 2. The van der Waals surface area contributed by atoms with Crippen molar-refractivity contribution in [2.24, 2.45) is 5.73 Å². The van der Waals surface area contributed by atoms with Gasteiger partial charge in [-0.25, -0.2) is 4.98 Å². The van der Waals surface area contributed by atoms with Gasteiger partial charge in [-0.2, -0.15) is 0 Å². The molecule has 0 bridgehead atoms. The molecule has 1 saturated heterocycles. The first kappa shape index (κ1) is 13.0. The summed E-state index contributed by atoms with van der Waals surface area (Å²) in [5, 5.41) is 0. The molecule has 2 heterocycles. The predicted octanol–water partition coefficient (Wildman–Crippen LogP) is 0.810. The normalized spacial score (nSPS) is 20.6.